The lowest BCUT2D eigenvalue weighted by molar-refractivity contribution is -0.137. The van der Waals surface area contributed by atoms with Crippen molar-refractivity contribution in [1.82, 2.24) is 9.80 Å². The van der Waals surface area contributed by atoms with Crippen LogP contribution in [0.25, 0.3) is 0 Å². The van der Waals surface area contributed by atoms with E-state index in [2.05, 4.69) is 19.2 Å². The fourth-order valence-electron chi connectivity index (χ4n) is 2.17. The van der Waals surface area contributed by atoms with Crippen LogP contribution in [0.5, 0.6) is 0 Å². The molecule has 0 saturated heterocycles. The summed E-state index contributed by atoms with van der Waals surface area (Å²) in [4.78, 5) is 26.5. The number of nitrogens with zero attached hydrogens (tertiary/aromatic N) is 2. The largest absolute Gasteiger partial charge is 0.481 e. The maximum absolute atomic E-state index is 12.7. The third-order valence-corrected chi connectivity index (χ3v) is 3.69. The van der Waals surface area contributed by atoms with Crippen molar-refractivity contribution in [2.45, 2.75) is 32.7 Å². The second-order valence-corrected chi connectivity index (χ2v) is 6.03. The molecular weight excluding hydrogens is 312 g/mol. The highest BCUT2D eigenvalue weighted by Crippen LogP contribution is 2.14. The summed E-state index contributed by atoms with van der Waals surface area (Å²) >= 11 is 4.22. The Kier molecular flexibility index (Phi) is 7.68. The lowest BCUT2D eigenvalue weighted by Crippen LogP contribution is -2.46. The summed E-state index contributed by atoms with van der Waals surface area (Å²) < 4.78 is 0. The molecule has 23 heavy (non-hydrogen) atoms. The summed E-state index contributed by atoms with van der Waals surface area (Å²) in [5.41, 5.74) is 1.11. The van der Waals surface area contributed by atoms with E-state index in [1.54, 1.807) is 0 Å². The minimum absolute atomic E-state index is 0.0878. The maximum Gasteiger partial charge on any atom is 0.325 e. The molecule has 0 aromatic heterocycles. The van der Waals surface area contributed by atoms with Gasteiger partial charge in [0.15, 0.2) is 0 Å². The molecule has 0 radical (unpaired) electrons. The summed E-state index contributed by atoms with van der Waals surface area (Å²) in [7, 11) is 0. The molecule has 0 saturated carbocycles. The van der Waals surface area contributed by atoms with E-state index in [0.717, 1.165) is 5.56 Å². The van der Waals surface area contributed by atoms with Gasteiger partial charge in [-0.15, -0.1) is 12.6 Å². The van der Waals surface area contributed by atoms with E-state index in [1.807, 2.05) is 44.2 Å². The second-order valence-electron chi connectivity index (χ2n) is 5.52. The fourth-order valence-corrected chi connectivity index (χ4v) is 2.35. The van der Waals surface area contributed by atoms with Crippen LogP contribution in [0.1, 0.15) is 25.8 Å². The SMILES string of the molecule is C=C(S)N(CCc1ccccc1)C(=O)N(CCC(=O)O)C(C)C. The molecule has 0 aliphatic carbocycles. The van der Waals surface area contributed by atoms with Crippen LogP contribution in [0, 0.1) is 0 Å². The number of carbonyl (C=O) groups is 2. The van der Waals surface area contributed by atoms with Gasteiger partial charge in [-0.2, -0.15) is 0 Å². The van der Waals surface area contributed by atoms with Crippen LogP contribution in [-0.2, 0) is 11.2 Å². The lowest BCUT2D eigenvalue weighted by Gasteiger charge is -2.32. The first-order valence-electron chi connectivity index (χ1n) is 7.54. The van der Waals surface area contributed by atoms with E-state index < -0.39 is 5.97 Å². The van der Waals surface area contributed by atoms with Crippen molar-refractivity contribution < 1.29 is 14.7 Å². The first-order valence-corrected chi connectivity index (χ1v) is 7.99. The van der Waals surface area contributed by atoms with Gasteiger partial charge in [0.1, 0.15) is 0 Å². The predicted molar refractivity (Wildman–Crippen MR) is 94.5 cm³/mol. The summed E-state index contributed by atoms with van der Waals surface area (Å²) in [6.07, 6.45) is 0.590. The molecule has 6 heteroatoms. The van der Waals surface area contributed by atoms with E-state index in [0.29, 0.717) is 18.0 Å². The predicted octanol–water partition coefficient (Wildman–Crippen LogP) is 3.24. The molecule has 1 rings (SSSR count). The molecule has 1 N–H and O–H groups in total. The third kappa shape index (κ3) is 6.36. The average molecular weight is 336 g/mol. The van der Waals surface area contributed by atoms with Gasteiger partial charge >= 0.3 is 12.0 Å². The minimum atomic E-state index is -0.927. The molecule has 0 fully saturated rings. The summed E-state index contributed by atoms with van der Waals surface area (Å²) in [6, 6.07) is 9.46. The molecule has 5 nitrogen and oxygen atoms in total. The normalized spacial score (nSPS) is 10.4. The van der Waals surface area contributed by atoms with Gasteiger partial charge in [0.05, 0.1) is 11.4 Å². The van der Waals surface area contributed by atoms with Crippen LogP contribution in [0.2, 0.25) is 0 Å². The van der Waals surface area contributed by atoms with E-state index in [1.165, 1.54) is 9.80 Å². The highest BCUT2D eigenvalue weighted by atomic mass is 32.1. The van der Waals surface area contributed by atoms with Crippen molar-refractivity contribution in [3.05, 3.63) is 47.5 Å². The zero-order valence-corrected chi connectivity index (χ0v) is 14.5. The van der Waals surface area contributed by atoms with Crippen molar-refractivity contribution in [3.63, 3.8) is 0 Å². The van der Waals surface area contributed by atoms with E-state index in [9.17, 15) is 9.59 Å². The van der Waals surface area contributed by atoms with Crippen molar-refractivity contribution in [1.29, 1.82) is 0 Å². The second kappa shape index (κ2) is 9.25. The molecule has 0 spiro atoms. The summed E-state index contributed by atoms with van der Waals surface area (Å²) in [5.74, 6) is -0.927. The van der Waals surface area contributed by atoms with E-state index >= 15 is 0 Å². The van der Waals surface area contributed by atoms with Crippen LogP contribution < -0.4 is 0 Å². The Balaban J connectivity index is 2.78. The van der Waals surface area contributed by atoms with Gasteiger partial charge in [-0.05, 0) is 25.8 Å². The lowest BCUT2D eigenvalue weighted by atomic mass is 10.1. The minimum Gasteiger partial charge on any atom is -0.481 e. The Morgan fingerprint density at radius 1 is 1.22 bits per heavy atom. The number of benzene rings is 1. The highest BCUT2D eigenvalue weighted by molar-refractivity contribution is 7.84. The Bertz CT molecular complexity index is 546. The van der Waals surface area contributed by atoms with Gasteiger partial charge in [0.25, 0.3) is 0 Å². The summed E-state index contributed by atoms with van der Waals surface area (Å²) in [6.45, 7) is 8.07. The average Bonchev–Trinajstić information content (AvgIpc) is 2.47. The summed E-state index contributed by atoms with van der Waals surface area (Å²) in [5, 5.41) is 9.20. The first kappa shape index (κ1) is 19.1. The maximum atomic E-state index is 12.7. The number of hydrogen-bond acceptors (Lipinski definition) is 3. The number of urea groups is 1. The Morgan fingerprint density at radius 2 is 1.83 bits per heavy atom. The van der Waals surface area contributed by atoms with Gasteiger partial charge in [-0.1, -0.05) is 36.9 Å². The zero-order chi connectivity index (χ0) is 17.4. The van der Waals surface area contributed by atoms with Gasteiger partial charge < -0.3 is 10.0 Å². The van der Waals surface area contributed by atoms with Crippen LogP contribution >= 0.6 is 12.6 Å². The number of amides is 2. The topological polar surface area (TPSA) is 60.9 Å². The van der Waals surface area contributed by atoms with Gasteiger partial charge in [0, 0.05) is 19.1 Å². The number of rotatable bonds is 8. The van der Waals surface area contributed by atoms with Crippen molar-refractivity contribution in [3.8, 4) is 0 Å². The number of carboxylic acids is 1. The number of hydrogen-bond donors (Lipinski definition) is 2. The molecule has 1 aromatic rings. The quantitative estimate of drug-likeness (QED) is 0.717. The Labute approximate surface area is 143 Å². The highest BCUT2D eigenvalue weighted by Gasteiger charge is 2.24. The molecule has 126 valence electrons. The molecule has 0 heterocycles. The van der Waals surface area contributed by atoms with Crippen LogP contribution in [0.4, 0.5) is 4.79 Å². The number of carbonyl (C=O) groups excluding carboxylic acids is 1. The smallest absolute Gasteiger partial charge is 0.325 e. The van der Waals surface area contributed by atoms with Gasteiger partial charge in [0.2, 0.25) is 0 Å². The standard InChI is InChI=1S/C17H24N2O3S/c1-13(2)18(12-10-16(20)21)17(22)19(14(3)23)11-9-15-7-5-4-6-8-15/h4-8,13,23H,3,9-12H2,1-2H3,(H,20,21). The molecule has 0 aliphatic heterocycles. The monoisotopic (exact) mass is 336 g/mol. The van der Waals surface area contributed by atoms with E-state index in [-0.39, 0.29) is 25.0 Å². The Hall–Kier alpha value is -1.95. The molecular formula is C17H24N2O3S. The number of thiol groups is 1. The van der Waals surface area contributed by atoms with Crippen molar-refractivity contribution in [2.24, 2.45) is 0 Å². The first-order chi connectivity index (χ1) is 10.8. The third-order valence-electron chi connectivity index (χ3n) is 3.45. The molecule has 0 bridgehead atoms. The van der Waals surface area contributed by atoms with Crippen LogP contribution in [-0.4, -0.2) is 46.0 Å². The van der Waals surface area contributed by atoms with Crippen LogP contribution in [0.15, 0.2) is 41.9 Å². The van der Waals surface area contributed by atoms with E-state index in [4.69, 9.17) is 5.11 Å². The molecule has 0 aliphatic rings. The number of aliphatic carboxylic acids is 1. The molecule has 0 unspecified atom stereocenters. The fraction of sp³-hybridized carbons (Fsp3) is 0.412. The molecule has 0 atom stereocenters. The van der Waals surface area contributed by atoms with Crippen molar-refractivity contribution >= 4 is 24.6 Å². The molecule has 2 amide bonds. The zero-order valence-electron chi connectivity index (χ0n) is 13.6. The van der Waals surface area contributed by atoms with Crippen molar-refractivity contribution in [2.75, 3.05) is 13.1 Å². The molecule has 1 aromatic carbocycles. The Morgan fingerprint density at radius 3 is 2.30 bits per heavy atom. The van der Waals surface area contributed by atoms with Crippen LogP contribution in [0.3, 0.4) is 0 Å². The van der Waals surface area contributed by atoms with Gasteiger partial charge in [-0.3, -0.25) is 9.69 Å². The van der Waals surface area contributed by atoms with Gasteiger partial charge in [-0.25, -0.2) is 4.79 Å². The number of carboxylic acid groups (broad SMARTS) is 1.